The SMILES string of the molecule is CN=C(NCC1CCCS1)NCC(C)N1CCN(C)CC1. The smallest absolute Gasteiger partial charge is 0.191 e. The molecule has 0 saturated carbocycles. The zero-order valence-electron chi connectivity index (χ0n) is 13.8. The Balaban J connectivity index is 1.64. The van der Waals surface area contributed by atoms with Crippen molar-refractivity contribution in [3.8, 4) is 0 Å². The van der Waals surface area contributed by atoms with Crippen LogP contribution in [0.1, 0.15) is 19.8 Å². The van der Waals surface area contributed by atoms with Crippen LogP contribution in [0.25, 0.3) is 0 Å². The van der Waals surface area contributed by atoms with Crippen LogP contribution in [0.5, 0.6) is 0 Å². The fourth-order valence-corrected chi connectivity index (χ4v) is 4.07. The fraction of sp³-hybridized carbons (Fsp3) is 0.933. The molecule has 2 atom stereocenters. The third-order valence-electron chi connectivity index (χ3n) is 4.47. The number of thioether (sulfide) groups is 1. The number of nitrogens with zero attached hydrogens (tertiary/aromatic N) is 3. The van der Waals surface area contributed by atoms with Crippen molar-refractivity contribution in [1.29, 1.82) is 0 Å². The molecule has 0 amide bonds. The van der Waals surface area contributed by atoms with Crippen molar-refractivity contribution in [2.75, 3.05) is 59.1 Å². The van der Waals surface area contributed by atoms with Crippen LogP contribution in [0.15, 0.2) is 4.99 Å². The fourth-order valence-electron chi connectivity index (χ4n) is 2.87. The average molecular weight is 314 g/mol. The molecule has 0 aliphatic carbocycles. The third-order valence-corrected chi connectivity index (χ3v) is 5.87. The van der Waals surface area contributed by atoms with E-state index in [-0.39, 0.29) is 0 Å². The van der Waals surface area contributed by atoms with Gasteiger partial charge in [-0.2, -0.15) is 11.8 Å². The quantitative estimate of drug-likeness (QED) is 0.577. The van der Waals surface area contributed by atoms with E-state index in [1.807, 2.05) is 7.05 Å². The van der Waals surface area contributed by atoms with E-state index in [1.54, 1.807) is 0 Å². The van der Waals surface area contributed by atoms with E-state index in [0.29, 0.717) is 6.04 Å². The van der Waals surface area contributed by atoms with Crippen molar-refractivity contribution in [2.24, 2.45) is 4.99 Å². The van der Waals surface area contributed by atoms with E-state index < -0.39 is 0 Å². The number of rotatable bonds is 5. The molecule has 6 heteroatoms. The Morgan fingerprint density at radius 2 is 2.05 bits per heavy atom. The van der Waals surface area contributed by atoms with Gasteiger partial charge >= 0.3 is 0 Å². The number of nitrogens with one attached hydrogen (secondary N) is 2. The van der Waals surface area contributed by atoms with E-state index >= 15 is 0 Å². The molecule has 0 aromatic carbocycles. The van der Waals surface area contributed by atoms with Crippen LogP contribution < -0.4 is 10.6 Å². The van der Waals surface area contributed by atoms with Gasteiger partial charge in [0, 0.05) is 57.6 Å². The van der Waals surface area contributed by atoms with E-state index in [9.17, 15) is 0 Å². The summed E-state index contributed by atoms with van der Waals surface area (Å²) in [7, 11) is 4.06. The lowest BCUT2D eigenvalue weighted by Gasteiger charge is -2.36. The molecular formula is C15H31N5S. The topological polar surface area (TPSA) is 42.9 Å². The van der Waals surface area contributed by atoms with Gasteiger partial charge in [-0.05, 0) is 32.6 Å². The summed E-state index contributed by atoms with van der Waals surface area (Å²) in [4.78, 5) is 9.30. The number of guanidine groups is 1. The maximum Gasteiger partial charge on any atom is 0.191 e. The van der Waals surface area contributed by atoms with Crippen molar-refractivity contribution < 1.29 is 0 Å². The van der Waals surface area contributed by atoms with Crippen LogP contribution in [0.4, 0.5) is 0 Å². The summed E-state index contributed by atoms with van der Waals surface area (Å²) in [6.07, 6.45) is 2.70. The Hall–Kier alpha value is -0.460. The Kier molecular flexibility index (Phi) is 7.13. The van der Waals surface area contributed by atoms with Crippen molar-refractivity contribution in [3.05, 3.63) is 0 Å². The highest BCUT2D eigenvalue weighted by Gasteiger charge is 2.19. The van der Waals surface area contributed by atoms with Crippen molar-refractivity contribution in [1.82, 2.24) is 20.4 Å². The molecule has 0 radical (unpaired) electrons. The van der Waals surface area contributed by atoms with Gasteiger partial charge in [-0.1, -0.05) is 0 Å². The lowest BCUT2D eigenvalue weighted by Crippen LogP contribution is -2.52. The van der Waals surface area contributed by atoms with Crippen LogP contribution in [0.2, 0.25) is 0 Å². The minimum absolute atomic E-state index is 0.554. The van der Waals surface area contributed by atoms with Gasteiger partial charge in [0.2, 0.25) is 0 Å². The van der Waals surface area contributed by atoms with Crippen LogP contribution in [-0.4, -0.2) is 86.2 Å². The van der Waals surface area contributed by atoms with Gasteiger partial charge in [-0.3, -0.25) is 9.89 Å². The molecule has 0 spiro atoms. The second-order valence-corrected chi connectivity index (χ2v) is 7.57. The van der Waals surface area contributed by atoms with Gasteiger partial charge in [-0.25, -0.2) is 0 Å². The predicted molar refractivity (Wildman–Crippen MR) is 93.4 cm³/mol. The van der Waals surface area contributed by atoms with E-state index in [4.69, 9.17) is 0 Å². The molecule has 2 aliphatic rings. The van der Waals surface area contributed by atoms with E-state index in [2.05, 4.69) is 51.2 Å². The minimum atomic E-state index is 0.554. The van der Waals surface area contributed by atoms with Crippen LogP contribution in [-0.2, 0) is 0 Å². The van der Waals surface area contributed by atoms with Crippen molar-refractivity contribution >= 4 is 17.7 Å². The van der Waals surface area contributed by atoms with Crippen LogP contribution >= 0.6 is 11.8 Å². The molecule has 2 fully saturated rings. The normalized spacial score (nSPS) is 26.8. The lowest BCUT2D eigenvalue weighted by atomic mass is 10.2. The zero-order chi connectivity index (χ0) is 15.1. The first-order valence-corrected chi connectivity index (χ1v) is 9.22. The molecule has 122 valence electrons. The minimum Gasteiger partial charge on any atom is -0.355 e. The number of aliphatic imine (C=N–C) groups is 1. The molecule has 5 nitrogen and oxygen atoms in total. The summed E-state index contributed by atoms with van der Waals surface area (Å²) in [5.41, 5.74) is 0. The first-order chi connectivity index (χ1) is 10.2. The zero-order valence-corrected chi connectivity index (χ0v) is 14.6. The first-order valence-electron chi connectivity index (χ1n) is 8.17. The second-order valence-electron chi connectivity index (χ2n) is 6.16. The molecular weight excluding hydrogens is 282 g/mol. The van der Waals surface area contributed by atoms with Crippen LogP contribution in [0, 0.1) is 0 Å². The third kappa shape index (κ3) is 5.68. The number of piperazine rings is 1. The molecule has 2 saturated heterocycles. The van der Waals surface area contributed by atoms with E-state index in [1.165, 1.54) is 44.8 Å². The summed E-state index contributed by atoms with van der Waals surface area (Å²) in [6.45, 7) is 8.99. The van der Waals surface area contributed by atoms with E-state index in [0.717, 1.165) is 24.3 Å². The molecule has 2 aliphatic heterocycles. The first kappa shape index (κ1) is 16.9. The Bertz CT molecular complexity index is 322. The summed E-state index contributed by atoms with van der Waals surface area (Å²) >= 11 is 2.08. The molecule has 21 heavy (non-hydrogen) atoms. The Morgan fingerprint density at radius 1 is 1.29 bits per heavy atom. The van der Waals surface area contributed by atoms with Crippen molar-refractivity contribution in [2.45, 2.75) is 31.1 Å². The highest BCUT2D eigenvalue weighted by Crippen LogP contribution is 2.25. The van der Waals surface area contributed by atoms with Gasteiger partial charge in [0.05, 0.1) is 0 Å². The summed E-state index contributed by atoms with van der Waals surface area (Å²) < 4.78 is 0. The Labute approximate surface area is 133 Å². The average Bonchev–Trinajstić information content (AvgIpc) is 3.01. The largest absolute Gasteiger partial charge is 0.355 e. The standard InChI is InChI=1S/C15H31N5S/c1-13(20-8-6-19(3)7-9-20)11-17-15(16-2)18-12-14-5-4-10-21-14/h13-14H,4-12H2,1-3H3,(H2,16,17,18). The summed E-state index contributed by atoms with van der Waals surface area (Å²) in [5.74, 6) is 2.27. The highest BCUT2D eigenvalue weighted by atomic mass is 32.2. The molecule has 0 aromatic rings. The second kappa shape index (κ2) is 8.86. The molecule has 2 unspecified atom stereocenters. The van der Waals surface area contributed by atoms with Crippen LogP contribution in [0.3, 0.4) is 0 Å². The Morgan fingerprint density at radius 3 is 2.67 bits per heavy atom. The van der Waals surface area contributed by atoms with Crippen molar-refractivity contribution in [3.63, 3.8) is 0 Å². The molecule has 2 rings (SSSR count). The monoisotopic (exact) mass is 313 g/mol. The number of hydrogen-bond donors (Lipinski definition) is 2. The highest BCUT2D eigenvalue weighted by molar-refractivity contribution is 8.00. The van der Waals surface area contributed by atoms with Gasteiger partial charge < -0.3 is 15.5 Å². The van der Waals surface area contributed by atoms with Gasteiger partial charge in [0.15, 0.2) is 5.96 Å². The maximum atomic E-state index is 4.34. The molecule has 0 bridgehead atoms. The summed E-state index contributed by atoms with van der Waals surface area (Å²) in [5, 5.41) is 7.71. The van der Waals surface area contributed by atoms with Gasteiger partial charge in [0.25, 0.3) is 0 Å². The molecule has 0 aromatic heterocycles. The summed E-state index contributed by atoms with van der Waals surface area (Å²) in [6, 6.07) is 0.554. The lowest BCUT2D eigenvalue weighted by molar-refractivity contribution is 0.120. The maximum absolute atomic E-state index is 4.34. The number of hydrogen-bond acceptors (Lipinski definition) is 4. The molecule has 2 heterocycles. The number of likely N-dealkylation sites (N-methyl/N-ethyl adjacent to an activating group) is 1. The molecule has 2 N–H and O–H groups in total. The van der Waals surface area contributed by atoms with Gasteiger partial charge in [-0.15, -0.1) is 0 Å². The predicted octanol–water partition coefficient (Wildman–Crippen LogP) is 0.683. The van der Waals surface area contributed by atoms with Gasteiger partial charge in [0.1, 0.15) is 0 Å².